The van der Waals surface area contributed by atoms with E-state index in [9.17, 15) is 24.0 Å². The number of benzene rings is 1. The summed E-state index contributed by atoms with van der Waals surface area (Å²) in [7, 11) is 0. The fraction of sp³-hybridized carbons (Fsp3) is 0.556. The van der Waals surface area contributed by atoms with Crippen LogP contribution in [0, 0.1) is 12.8 Å². The van der Waals surface area contributed by atoms with Gasteiger partial charge in [0.2, 0.25) is 17.7 Å². The smallest absolute Gasteiger partial charge is 0.407 e. The Balaban J connectivity index is 1.36. The molecule has 1 aromatic heterocycles. The number of nitrogens with zero attached hydrogens (tertiary/aromatic N) is 3. The van der Waals surface area contributed by atoms with Gasteiger partial charge in [-0.25, -0.2) is 9.78 Å². The van der Waals surface area contributed by atoms with Crippen molar-refractivity contribution in [3.05, 3.63) is 34.4 Å². The molecule has 2 aliphatic heterocycles. The quantitative estimate of drug-likeness (QED) is 0.470. The minimum Gasteiger partial charge on any atom is -0.444 e. The van der Waals surface area contributed by atoms with Crippen LogP contribution in [0.2, 0.25) is 0 Å². The molecule has 0 radical (unpaired) electrons. The predicted molar refractivity (Wildman–Crippen MR) is 144 cm³/mol. The van der Waals surface area contributed by atoms with Gasteiger partial charge in [-0.05, 0) is 78.1 Å². The van der Waals surface area contributed by atoms with Gasteiger partial charge >= 0.3 is 6.09 Å². The summed E-state index contributed by atoms with van der Waals surface area (Å²) in [6, 6.07) is 4.15. The van der Waals surface area contributed by atoms with Gasteiger partial charge in [0.05, 0.1) is 17.6 Å². The van der Waals surface area contributed by atoms with Crippen molar-refractivity contribution in [2.24, 2.45) is 5.92 Å². The number of piperidine rings is 2. The molecule has 0 spiro atoms. The van der Waals surface area contributed by atoms with E-state index in [2.05, 4.69) is 25.8 Å². The Morgan fingerprint density at radius 3 is 2.51 bits per heavy atom. The summed E-state index contributed by atoms with van der Waals surface area (Å²) in [5.74, 6) is -0.463. The number of carbonyl (C=O) groups excluding carboxylic acids is 4. The number of rotatable bonds is 6. The first-order chi connectivity index (χ1) is 18.4. The van der Waals surface area contributed by atoms with Gasteiger partial charge in [0.1, 0.15) is 23.0 Å². The SMILES string of the molecule is Cc1nc2c(NC(=O)CN3CCC(CNC(=O)OC(C)(C)C)CC3)cccc2c(=O)n1C1CCC(=O)NC1=O. The summed E-state index contributed by atoms with van der Waals surface area (Å²) in [5.41, 5.74) is -0.165. The summed E-state index contributed by atoms with van der Waals surface area (Å²) >= 11 is 0. The third-order valence-corrected chi connectivity index (χ3v) is 6.91. The van der Waals surface area contributed by atoms with E-state index in [0.717, 1.165) is 25.9 Å². The molecule has 1 aromatic carbocycles. The van der Waals surface area contributed by atoms with Gasteiger partial charge in [0.25, 0.3) is 5.56 Å². The second-order valence-electron chi connectivity index (χ2n) is 11.2. The van der Waals surface area contributed by atoms with Crippen LogP contribution in [-0.2, 0) is 19.1 Å². The van der Waals surface area contributed by atoms with Crippen LogP contribution >= 0.6 is 0 Å². The molecule has 0 aliphatic carbocycles. The number of aryl methyl sites for hydroxylation is 1. The number of carbonyl (C=O) groups is 4. The fourth-order valence-electron chi connectivity index (χ4n) is 5.01. The van der Waals surface area contributed by atoms with E-state index >= 15 is 0 Å². The number of hydrogen-bond acceptors (Lipinski definition) is 8. The lowest BCUT2D eigenvalue weighted by Crippen LogP contribution is -2.45. The number of imide groups is 1. The molecule has 2 aliphatic rings. The van der Waals surface area contributed by atoms with Gasteiger partial charge in [0.15, 0.2) is 0 Å². The van der Waals surface area contributed by atoms with Crippen LogP contribution < -0.4 is 21.5 Å². The van der Waals surface area contributed by atoms with Gasteiger partial charge < -0.3 is 15.4 Å². The van der Waals surface area contributed by atoms with Crippen molar-refractivity contribution < 1.29 is 23.9 Å². The Labute approximate surface area is 226 Å². The van der Waals surface area contributed by atoms with Crippen LogP contribution in [0.15, 0.2) is 23.0 Å². The molecule has 4 rings (SSSR count). The molecule has 12 heteroatoms. The van der Waals surface area contributed by atoms with Gasteiger partial charge in [-0.3, -0.25) is 34.0 Å². The highest BCUT2D eigenvalue weighted by molar-refractivity contribution is 6.01. The molecular formula is C27H36N6O6. The zero-order valence-electron chi connectivity index (χ0n) is 22.8. The fourth-order valence-corrected chi connectivity index (χ4v) is 5.01. The van der Waals surface area contributed by atoms with Crippen molar-refractivity contribution in [1.29, 1.82) is 0 Å². The number of anilines is 1. The van der Waals surface area contributed by atoms with Crippen molar-refractivity contribution in [2.45, 2.75) is 65.0 Å². The topological polar surface area (TPSA) is 152 Å². The number of amides is 4. The molecule has 2 saturated heterocycles. The molecule has 0 bridgehead atoms. The second kappa shape index (κ2) is 11.5. The first-order valence-electron chi connectivity index (χ1n) is 13.3. The molecule has 210 valence electrons. The molecule has 1 atom stereocenters. The third kappa shape index (κ3) is 6.99. The Morgan fingerprint density at radius 1 is 1.13 bits per heavy atom. The highest BCUT2D eigenvalue weighted by atomic mass is 16.6. The van der Waals surface area contributed by atoms with Crippen LogP contribution in [0.4, 0.5) is 10.5 Å². The zero-order chi connectivity index (χ0) is 28.3. The molecule has 4 amide bonds. The first-order valence-corrected chi connectivity index (χ1v) is 13.3. The number of ether oxygens (including phenoxy) is 1. The molecule has 2 fully saturated rings. The summed E-state index contributed by atoms with van der Waals surface area (Å²) in [6.45, 7) is 9.26. The van der Waals surface area contributed by atoms with E-state index in [-0.39, 0.29) is 36.6 Å². The van der Waals surface area contributed by atoms with Crippen molar-refractivity contribution in [3.8, 4) is 0 Å². The lowest BCUT2D eigenvalue weighted by atomic mass is 9.97. The normalized spacial score (nSPS) is 19.0. The van der Waals surface area contributed by atoms with Crippen LogP contribution in [0.5, 0.6) is 0 Å². The number of hydrogen-bond donors (Lipinski definition) is 3. The highest BCUT2D eigenvalue weighted by Gasteiger charge is 2.31. The minimum atomic E-state index is -0.812. The average Bonchev–Trinajstić information content (AvgIpc) is 2.84. The van der Waals surface area contributed by atoms with Gasteiger partial charge in [0, 0.05) is 13.0 Å². The largest absolute Gasteiger partial charge is 0.444 e. The maximum atomic E-state index is 13.3. The Bertz CT molecular complexity index is 1340. The molecule has 0 saturated carbocycles. The first kappa shape index (κ1) is 28.2. The van der Waals surface area contributed by atoms with Crippen molar-refractivity contribution in [3.63, 3.8) is 0 Å². The summed E-state index contributed by atoms with van der Waals surface area (Å²) in [5, 5.41) is 8.26. The minimum absolute atomic E-state index is 0.147. The number of likely N-dealkylation sites (tertiary alicyclic amines) is 1. The van der Waals surface area contributed by atoms with Crippen molar-refractivity contribution in [2.75, 3.05) is 31.5 Å². The number of fused-ring (bicyclic) bond motifs is 1. The van der Waals surface area contributed by atoms with Gasteiger partial charge in [-0.15, -0.1) is 0 Å². The Kier molecular flexibility index (Phi) is 8.34. The van der Waals surface area contributed by atoms with E-state index in [4.69, 9.17) is 4.74 Å². The molecule has 3 N–H and O–H groups in total. The number of alkyl carbamates (subject to hydrolysis) is 1. The van der Waals surface area contributed by atoms with Crippen LogP contribution in [0.3, 0.4) is 0 Å². The van der Waals surface area contributed by atoms with Crippen molar-refractivity contribution >= 4 is 40.4 Å². The van der Waals surface area contributed by atoms with Gasteiger partial charge in [-0.1, -0.05) is 6.07 Å². The van der Waals surface area contributed by atoms with E-state index in [1.807, 2.05) is 20.8 Å². The monoisotopic (exact) mass is 540 g/mol. The number of aromatic nitrogens is 2. The van der Waals surface area contributed by atoms with Crippen molar-refractivity contribution in [1.82, 2.24) is 25.1 Å². The van der Waals surface area contributed by atoms with Crippen LogP contribution in [0.25, 0.3) is 10.9 Å². The van der Waals surface area contributed by atoms with Gasteiger partial charge in [-0.2, -0.15) is 0 Å². The Morgan fingerprint density at radius 2 is 1.85 bits per heavy atom. The van der Waals surface area contributed by atoms with Crippen LogP contribution in [-0.4, -0.2) is 70.0 Å². The maximum Gasteiger partial charge on any atom is 0.407 e. The Hall–Kier alpha value is -3.80. The van der Waals surface area contributed by atoms with Crippen LogP contribution in [0.1, 0.15) is 58.3 Å². The number of para-hydroxylation sites is 1. The van der Waals surface area contributed by atoms with E-state index in [1.54, 1.807) is 25.1 Å². The lowest BCUT2D eigenvalue weighted by molar-refractivity contribution is -0.135. The molecule has 3 heterocycles. The second-order valence-corrected chi connectivity index (χ2v) is 11.2. The average molecular weight is 541 g/mol. The predicted octanol–water partition coefficient (Wildman–Crippen LogP) is 1.86. The molecule has 39 heavy (non-hydrogen) atoms. The molecule has 1 unspecified atom stereocenters. The third-order valence-electron chi connectivity index (χ3n) is 6.91. The van der Waals surface area contributed by atoms with E-state index < -0.39 is 29.2 Å². The van der Waals surface area contributed by atoms with E-state index in [1.165, 1.54) is 4.57 Å². The zero-order valence-corrected chi connectivity index (χ0v) is 22.8. The lowest BCUT2D eigenvalue weighted by Gasteiger charge is -2.31. The molecule has 12 nitrogen and oxygen atoms in total. The maximum absolute atomic E-state index is 13.3. The standard InChI is InChI=1S/C27H36N6O6/c1-16-29-23-18(25(37)33(16)20-8-9-21(34)31-24(20)36)6-5-7-19(23)30-22(35)15-32-12-10-17(11-13-32)14-28-26(38)39-27(2,3)4/h5-7,17,20H,8-15H2,1-4H3,(H,28,38)(H,30,35)(H,31,34,36). The van der Waals surface area contributed by atoms with E-state index in [0.29, 0.717) is 29.5 Å². The highest BCUT2D eigenvalue weighted by Crippen LogP contribution is 2.24. The molecule has 2 aromatic rings. The summed E-state index contributed by atoms with van der Waals surface area (Å²) < 4.78 is 6.60. The number of nitrogens with one attached hydrogen (secondary N) is 3. The molecular weight excluding hydrogens is 504 g/mol. The summed E-state index contributed by atoms with van der Waals surface area (Å²) in [4.78, 5) is 68.6. The summed E-state index contributed by atoms with van der Waals surface area (Å²) in [6.07, 6.45) is 1.64.